The maximum Gasteiger partial charge on any atom is 0.328 e. The Bertz CT molecular complexity index is 403. The number of amides is 1. The summed E-state index contributed by atoms with van der Waals surface area (Å²) in [4.78, 5) is 38.3. The topological polar surface area (TPSA) is 63.7 Å². The minimum atomic E-state index is -0.688. The summed E-state index contributed by atoms with van der Waals surface area (Å²) in [6.45, 7) is 8.14. The molecule has 0 bridgehead atoms. The van der Waals surface area contributed by atoms with E-state index in [0.717, 1.165) is 19.3 Å². The van der Waals surface area contributed by atoms with Crippen LogP contribution in [-0.4, -0.2) is 41.8 Å². The molecule has 5 nitrogen and oxygen atoms in total. The minimum absolute atomic E-state index is 0.353. The van der Waals surface area contributed by atoms with Crippen molar-refractivity contribution in [2.24, 2.45) is 5.41 Å². The van der Waals surface area contributed by atoms with Crippen LogP contribution in [0.2, 0.25) is 0 Å². The average molecular weight is 297 g/mol. The first-order valence-corrected chi connectivity index (χ1v) is 7.87. The van der Waals surface area contributed by atoms with Crippen LogP contribution >= 0.6 is 0 Å². The van der Waals surface area contributed by atoms with Crippen molar-refractivity contribution < 1.29 is 19.1 Å². The summed E-state index contributed by atoms with van der Waals surface area (Å²) in [6.07, 6.45) is 3.61. The predicted molar refractivity (Wildman–Crippen MR) is 79.7 cm³/mol. The molecule has 1 heterocycles. The SMILES string of the molecule is CCCOC(=O)C1CCCCN1C(=O)C(=O)C(C)(C)CC. The third-order valence-corrected chi connectivity index (χ3v) is 4.18. The van der Waals surface area contributed by atoms with E-state index in [0.29, 0.717) is 26.0 Å². The van der Waals surface area contributed by atoms with Gasteiger partial charge < -0.3 is 9.64 Å². The van der Waals surface area contributed by atoms with Gasteiger partial charge in [-0.05, 0) is 32.1 Å². The summed E-state index contributed by atoms with van der Waals surface area (Å²) in [5.41, 5.74) is -0.688. The third-order valence-electron chi connectivity index (χ3n) is 4.18. The first-order valence-electron chi connectivity index (χ1n) is 7.87. The highest BCUT2D eigenvalue weighted by Gasteiger charge is 2.40. The summed E-state index contributed by atoms with van der Waals surface area (Å²) in [5.74, 6) is -1.34. The van der Waals surface area contributed by atoms with Crippen molar-refractivity contribution in [3.05, 3.63) is 0 Å². The van der Waals surface area contributed by atoms with Crippen molar-refractivity contribution in [1.29, 1.82) is 0 Å². The number of ether oxygens (including phenoxy) is 1. The number of likely N-dealkylation sites (tertiary alicyclic amines) is 1. The second-order valence-electron chi connectivity index (χ2n) is 6.24. The second kappa shape index (κ2) is 7.57. The third kappa shape index (κ3) is 4.29. The van der Waals surface area contributed by atoms with E-state index in [1.54, 1.807) is 13.8 Å². The molecule has 0 aromatic rings. The molecule has 0 aliphatic carbocycles. The van der Waals surface area contributed by atoms with E-state index in [-0.39, 0.29) is 5.97 Å². The van der Waals surface area contributed by atoms with Gasteiger partial charge in [-0.25, -0.2) is 4.79 Å². The molecular weight excluding hydrogens is 270 g/mol. The molecule has 0 radical (unpaired) electrons. The Balaban J connectivity index is 2.83. The lowest BCUT2D eigenvalue weighted by Gasteiger charge is -2.35. The number of carbonyl (C=O) groups excluding carboxylic acids is 3. The number of hydrogen-bond acceptors (Lipinski definition) is 4. The molecular formula is C16H27NO4. The van der Waals surface area contributed by atoms with Gasteiger partial charge in [0.2, 0.25) is 5.78 Å². The number of ketones is 1. The van der Waals surface area contributed by atoms with E-state index in [1.807, 2.05) is 13.8 Å². The lowest BCUT2D eigenvalue weighted by Crippen LogP contribution is -2.53. The van der Waals surface area contributed by atoms with Crippen LogP contribution in [0.15, 0.2) is 0 Å². The van der Waals surface area contributed by atoms with E-state index in [4.69, 9.17) is 4.74 Å². The van der Waals surface area contributed by atoms with Crippen molar-refractivity contribution >= 4 is 17.7 Å². The first kappa shape index (κ1) is 17.7. The first-order chi connectivity index (χ1) is 9.85. The molecule has 0 N–H and O–H groups in total. The van der Waals surface area contributed by atoms with Gasteiger partial charge in [-0.3, -0.25) is 9.59 Å². The van der Waals surface area contributed by atoms with Gasteiger partial charge in [-0.15, -0.1) is 0 Å². The highest BCUT2D eigenvalue weighted by atomic mass is 16.5. The quantitative estimate of drug-likeness (QED) is 0.557. The second-order valence-corrected chi connectivity index (χ2v) is 6.24. The summed E-state index contributed by atoms with van der Waals surface area (Å²) >= 11 is 0. The van der Waals surface area contributed by atoms with Crippen LogP contribution in [0.3, 0.4) is 0 Å². The Morgan fingerprint density at radius 1 is 1.19 bits per heavy atom. The van der Waals surface area contributed by atoms with Crippen LogP contribution in [0.4, 0.5) is 0 Å². The van der Waals surface area contributed by atoms with Crippen LogP contribution in [0.25, 0.3) is 0 Å². The normalized spacial score (nSPS) is 19.2. The summed E-state index contributed by atoms with van der Waals surface area (Å²) in [5, 5.41) is 0. The number of hydrogen-bond donors (Lipinski definition) is 0. The van der Waals surface area contributed by atoms with Gasteiger partial charge in [-0.1, -0.05) is 27.7 Å². The van der Waals surface area contributed by atoms with Crippen molar-refractivity contribution in [2.45, 2.75) is 65.8 Å². The van der Waals surface area contributed by atoms with Crippen LogP contribution < -0.4 is 0 Å². The number of Topliss-reactive ketones (excluding diaryl/α,β-unsaturated/α-hetero) is 1. The molecule has 1 aliphatic rings. The molecule has 5 heteroatoms. The highest BCUT2D eigenvalue weighted by Crippen LogP contribution is 2.25. The Morgan fingerprint density at radius 2 is 1.86 bits per heavy atom. The largest absolute Gasteiger partial charge is 0.464 e. The molecule has 0 spiro atoms. The van der Waals surface area contributed by atoms with Gasteiger partial charge in [0.1, 0.15) is 6.04 Å². The Labute approximate surface area is 127 Å². The molecule has 120 valence electrons. The zero-order valence-electron chi connectivity index (χ0n) is 13.6. The van der Waals surface area contributed by atoms with Crippen LogP contribution in [0, 0.1) is 5.41 Å². The zero-order valence-corrected chi connectivity index (χ0v) is 13.6. The zero-order chi connectivity index (χ0) is 16.0. The maximum absolute atomic E-state index is 12.5. The Kier molecular flexibility index (Phi) is 6.37. The molecule has 1 amide bonds. The van der Waals surface area contributed by atoms with Crippen molar-refractivity contribution in [3.8, 4) is 0 Å². The van der Waals surface area contributed by atoms with E-state index in [9.17, 15) is 14.4 Å². The van der Waals surface area contributed by atoms with Gasteiger partial charge in [0.05, 0.1) is 6.61 Å². The lowest BCUT2D eigenvalue weighted by atomic mass is 9.84. The van der Waals surface area contributed by atoms with E-state index < -0.39 is 23.1 Å². The average Bonchev–Trinajstić information content (AvgIpc) is 2.51. The van der Waals surface area contributed by atoms with E-state index in [2.05, 4.69) is 0 Å². The smallest absolute Gasteiger partial charge is 0.328 e. The summed E-state index contributed by atoms with van der Waals surface area (Å²) in [7, 11) is 0. The Morgan fingerprint density at radius 3 is 2.43 bits per heavy atom. The van der Waals surface area contributed by atoms with Crippen molar-refractivity contribution in [3.63, 3.8) is 0 Å². The van der Waals surface area contributed by atoms with Crippen LogP contribution in [0.1, 0.15) is 59.8 Å². The van der Waals surface area contributed by atoms with Crippen LogP contribution in [0.5, 0.6) is 0 Å². The fraction of sp³-hybridized carbons (Fsp3) is 0.812. The van der Waals surface area contributed by atoms with Gasteiger partial charge >= 0.3 is 5.97 Å². The molecule has 1 rings (SSSR count). The number of piperidine rings is 1. The lowest BCUT2D eigenvalue weighted by molar-refractivity contribution is -0.161. The number of esters is 1. The fourth-order valence-electron chi connectivity index (χ4n) is 2.30. The molecule has 1 aliphatic heterocycles. The van der Waals surface area contributed by atoms with Gasteiger partial charge in [-0.2, -0.15) is 0 Å². The minimum Gasteiger partial charge on any atom is -0.464 e. The molecule has 0 saturated carbocycles. The molecule has 0 aromatic heterocycles. The molecule has 1 saturated heterocycles. The van der Waals surface area contributed by atoms with Gasteiger partial charge in [0, 0.05) is 12.0 Å². The summed E-state index contributed by atoms with van der Waals surface area (Å²) < 4.78 is 5.16. The highest BCUT2D eigenvalue weighted by molar-refractivity contribution is 6.38. The number of carbonyl (C=O) groups is 3. The molecule has 1 atom stereocenters. The fourth-order valence-corrected chi connectivity index (χ4v) is 2.30. The van der Waals surface area contributed by atoms with Crippen LogP contribution in [-0.2, 0) is 19.1 Å². The molecule has 0 aromatic carbocycles. The van der Waals surface area contributed by atoms with Gasteiger partial charge in [0.15, 0.2) is 0 Å². The maximum atomic E-state index is 12.5. The van der Waals surface area contributed by atoms with E-state index >= 15 is 0 Å². The summed E-state index contributed by atoms with van der Waals surface area (Å²) in [6, 6.07) is -0.602. The molecule has 21 heavy (non-hydrogen) atoms. The predicted octanol–water partition coefficient (Wildman–Crippen LogP) is 2.33. The van der Waals surface area contributed by atoms with E-state index in [1.165, 1.54) is 4.90 Å². The molecule has 1 unspecified atom stereocenters. The van der Waals surface area contributed by atoms with Gasteiger partial charge in [0.25, 0.3) is 5.91 Å². The monoisotopic (exact) mass is 297 g/mol. The van der Waals surface area contributed by atoms with Crippen molar-refractivity contribution in [2.75, 3.05) is 13.2 Å². The number of rotatable bonds is 6. The number of nitrogens with zero attached hydrogens (tertiary/aromatic N) is 1. The Hall–Kier alpha value is -1.39. The standard InChI is InChI=1S/C16H27NO4/c1-5-11-21-15(20)12-9-7-8-10-17(12)14(19)13(18)16(3,4)6-2/h12H,5-11H2,1-4H3. The molecule has 1 fully saturated rings. The van der Waals surface area contributed by atoms with Crippen molar-refractivity contribution in [1.82, 2.24) is 4.90 Å².